The lowest BCUT2D eigenvalue weighted by Crippen LogP contribution is -2.25. The summed E-state index contributed by atoms with van der Waals surface area (Å²) in [7, 11) is 6.51. The van der Waals surface area contributed by atoms with Gasteiger partial charge in [0.15, 0.2) is 0 Å². The molecule has 0 bridgehead atoms. The van der Waals surface area contributed by atoms with Crippen molar-refractivity contribution in [3.63, 3.8) is 0 Å². The summed E-state index contributed by atoms with van der Waals surface area (Å²) >= 11 is 0. The SMILES string of the molecule is COCc1cc(C2(c3cc(COC)c(O)c(COC)c3)CCCC2)cc(COC)c1O. The highest BCUT2D eigenvalue weighted by atomic mass is 16.5. The lowest BCUT2D eigenvalue weighted by atomic mass is 9.71. The molecule has 0 saturated heterocycles. The van der Waals surface area contributed by atoms with Crippen molar-refractivity contribution in [1.29, 1.82) is 0 Å². The van der Waals surface area contributed by atoms with Gasteiger partial charge in [-0.2, -0.15) is 0 Å². The van der Waals surface area contributed by atoms with Crippen molar-refractivity contribution in [2.24, 2.45) is 0 Å². The summed E-state index contributed by atoms with van der Waals surface area (Å²) in [6, 6.07) is 8.23. The number of rotatable bonds is 10. The molecule has 0 radical (unpaired) electrons. The Morgan fingerprint density at radius 1 is 0.613 bits per heavy atom. The van der Waals surface area contributed by atoms with Crippen LogP contribution in [0.4, 0.5) is 0 Å². The topological polar surface area (TPSA) is 77.4 Å². The largest absolute Gasteiger partial charge is 0.507 e. The molecule has 1 aliphatic rings. The predicted molar refractivity (Wildman–Crippen MR) is 118 cm³/mol. The Morgan fingerprint density at radius 3 is 1.16 bits per heavy atom. The number of phenolic OH excluding ortho intramolecular Hbond substituents is 2. The summed E-state index contributed by atoms with van der Waals surface area (Å²) in [5.41, 5.74) is 5.08. The van der Waals surface area contributed by atoms with Crippen molar-refractivity contribution >= 4 is 0 Å². The first-order valence-electron chi connectivity index (χ1n) is 10.7. The van der Waals surface area contributed by atoms with Crippen molar-refractivity contribution < 1.29 is 29.2 Å². The molecule has 6 heteroatoms. The Bertz CT molecular complexity index is 764. The van der Waals surface area contributed by atoms with E-state index < -0.39 is 0 Å². The van der Waals surface area contributed by atoms with Gasteiger partial charge in [0.05, 0.1) is 26.4 Å². The molecule has 1 saturated carbocycles. The summed E-state index contributed by atoms with van der Waals surface area (Å²) in [6.07, 6.45) is 4.20. The van der Waals surface area contributed by atoms with Crippen LogP contribution >= 0.6 is 0 Å². The van der Waals surface area contributed by atoms with E-state index in [0.717, 1.165) is 59.1 Å². The van der Waals surface area contributed by atoms with Crippen molar-refractivity contribution in [3.8, 4) is 11.5 Å². The van der Waals surface area contributed by atoms with Gasteiger partial charge >= 0.3 is 0 Å². The molecule has 0 atom stereocenters. The maximum absolute atomic E-state index is 10.7. The van der Waals surface area contributed by atoms with Crippen LogP contribution in [0.3, 0.4) is 0 Å². The maximum atomic E-state index is 10.7. The molecule has 2 aromatic carbocycles. The lowest BCUT2D eigenvalue weighted by Gasteiger charge is -2.33. The summed E-state index contributed by atoms with van der Waals surface area (Å²) in [5, 5.41) is 21.4. The van der Waals surface area contributed by atoms with Crippen LogP contribution in [0, 0.1) is 0 Å². The van der Waals surface area contributed by atoms with Crippen LogP contribution in [-0.2, 0) is 50.8 Å². The second-order valence-corrected chi connectivity index (χ2v) is 8.31. The molecule has 0 unspecified atom stereocenters. The normalized spacial score (nSPS) is 15.5. The first kappa shape index (κ1) is 23.5. The van der Waals surface area contributed by atoms with Crippen molar-refractivity contribution in [1.82, 2.24) is 0 Å². The average molecular weight is 431 g/mol. The summed E-state index contributed by atoms with van der Waals surface area (Å²) in [5.74, 6) is 0.456. The van der Waals surface area contributed by atoms with E-state index in [1.165, 1.54) is 0 Å². The van der Waals surface area contributed by atoms with Crippen LogP contribution in [0.25, 0.3) is 0 Å². The highest BCUT2D eigenvalue weighted by Crippen LogP contribution is 2.49. The van der Waals surface area contributed by atoms with E-state index in [2.05, 4.69) is 24.3 Å². The van der Waals surface area contributed by atoms with Crippen molar-refractivity contribution in [3.05, 3.63) is 57.6 Å². The number of phenols is 2. The quantitative estimate of drug-likeness (QED) is 0.576. The van der Waals surface area contributed by atoms with E-state index >= 15 is 0 Å². The zero-order valence-electron chi connectivity index (χ0n) is 19.0. The molecule has 1 fully saturated rings. The Labute approximate surface area is 184 Å². The third-order valence-electron chi connectivity index (χ3n) is 6.30. The number of hydrogen-bond donors (Lipinski definition) is 2. The molecule has 3 rings (SSSR count). The standard InChI is InChI=1S/C25H34O6/c1-28-13-17-9-21(10-18(14-29-2)23(17)26)25(7-5-6-8-25)22-11-19(15-30-3)24(27)20(12-22)16-31-4/h9-12,26-27H,5-8,13-16H2,1-4H3. The van der Waals surface area contributed by atoms with E-state index in [-0.39, 0.29) is 16.9 Å². The molecule has 0 spiro atoms. The van der Waals surface area contributed by atoms with Gasteiger partial charge in [-0.15, -0.1) is 0 Å². The zero-order chi connectivity index (χ0) is 22.4. The molecule has 0 aromatic heterocycles. The first-order valence-corrected chi connectivity index (χ1v) is 10.7. The van der Waals surface area contributed by atoms with E-state index in [0.29, 0.717) is 26.4 Å². The summed E-state index contributed by atoms with van der Waals surface area (Å²) in [4.78, 5) is 0. The molecule has 2 N–H and O–H groups in total. The van der Waals surface area contributed by atoms with Gasteiger partial charge in [-0.1, -0.05) is 12.8 Å². The molecular formula is C25H34O6. The Hall–Kier alpha value is -2.12. The Morgan fingerprint density at radius 2 is 0.903 bits per heavy atom. The highest BCUT2D eigenvalue weighted by Gasteiger charge is 2.39. The molecule has 0 heterocycles. The van der Waals surface area contributed by atoms with Gasteiger partial charge in [-0.3, -0.25) is 0 Å². The molecule has 0 aliphatic heterocycles. The van der Waals surface area contributed by atoms with Crippen LogP contribution in [0.15, 0.2) is 24.3 Å². The predicted octanol–water partition coefficient (Wildman–Crippen LogP) is 4.54. The summed E-state index contributed by atoms with van der Waals surface area (Å²) < 4.78 is 21.4. The maximum Gasteiger partial charge on any atom is 0.126 e. The van der Waals surface area contributed by atoms with Gasteiger partial charge in [-0.05, 0) is 48.2 Å². The number of ether oxygens (including phenoxy) is 4. The molecular weight excluding hydrogens is 396 g/mol. The second kappa shape index (κ2) is 10.5. The molecule has 0 amide bonds. The highest BCUT2D eigenvalue weighted by molar-refractivity contribution is 5.53. The second-order valence-electron chi connectivity index (χ2n) is 8.31. The van der Waals surface area contributed by atoms with Crippen molar-refractivity contribution in [2.45, 2.75) is 57.5 Å². The van der Waals surface area contributed by atoms with Gasteiger partial charge < -0.3 is 29.2 Å². The minimum absolute atomic E-state index is 0.225. The Balaban J connectivity index is 2.22. The van der Waals surface area contributed by atoms with Crippen LogP contribution in [0.2, 0.25) is 0 Å². The average Bonchev–Trinajstić information content (AvgIpc) is 3.25. The van der Waals surface area contributed by atoms with E-state index in [9.17, 15) is 10.2 Å². The number of methoxy groups -OCH3 is 4. The van der Waals surface area contributed by atoms with Gasteiger partial charge in [-0.25, -0.2) is 0 Å². The smallest absolute Gasteiger partial charge is 0.126 e. The van der Waals surface area contributed by atoms with Gasteiger partial charge in [0, 0.05) is 56.1 Å². The van der Waals surface area contributed by atoms with E-state index in [1.807, 2.05) is 0 Å². The van der Waals surface area contributed by atoms with E-state index in [1.54, 1.807) is 28.4 Å². The van der Waals surface area contributed by atoms with Crippen LogP contribution in [0.5, 0.6) is 11.5 Å². The molecule has 1 aliphatic carbocycles. The molecule has 2 aromatic rings. The van der Waals surface area contributed by atoms with Crippen molar-refractivity contribution in [2.75, 3.05) is 28.4 Å². The van der Waals surface area contributed by atoms with Gasteiger partial charge in [0.25, 0.3) is 0 Å². The van der Waals surface area contributed by atoms with Crippen LogP contribution in [0.1, 0.15) is 59.1 Å². The molecule has 6 nitrogen and oxygen atoms in total. The van der Waals surface area contributed by atoms with Gasteiger partial charge in [0.2, 0.25) is 0 Å². The van der Waals surface area contributed by atoms with Crippen LogP contribution in [-0.4, -0.2) is 38.7 Å². The fraction of sp³-hybridized carbons (Fsp3) is 0.520. The van der Waals surface area contributed by atoms with E-state index in [4.69, 9.17) is 18.9 Å². The third-order valence-corrected chi connectivity index (χ3v) is 6.30. The third kappa shape index (κ3) is 4.72. The lowest BCUT2D eigenvalue weighted by molar-refractivity contribution is 0.174. The number of benzene rings is 2. The minimum atomic E-state index is -0.225. The number of aromatic hydroxyl groups is 2. The first-order chi connectivity index (χ1) is 15.0. The van der Waals surface area contributed by atoms with Crippen LogP contribution < -0.4 is 0 Å². The molecule has 31 heavy (non-hydrogen) atoms. The molecule has 170 valence electrons. The minimum Gasteiger partial charge on any atom is -0.507 e. The number of hydrogen-bond acceptors (Lipinski definition) is 6. The zero-order valence-corrected chi connectivity index (χ0v) is 19.0. The monoisotopic (exact) mass is 430 g/mol. The fourth-order valence-electron chi connectivity index (χ4n) is 4.86. The Kier molecular flexibility index (Phi) is 7.94. The fourth-order valence-corrected chi connectivity index (χ4v) is 4.86. The summed E-state index contributed by atoms with van der Waals surface area (Å²) in [6.45, 7) is 1.30. The van der Waals surface area contributed by atoms with Gasteiger partial charge in [0.1, 0.15) is 11.5 Å².